The highest BCUT2D eigenvalue weighted by Crippen LogP contribution is 2.21. The molecule has 6 heteroatoms. The molecule has 1 aromatic rings. The lowest BCUT2D eigenvalue weighted by molar-refractivity contribution is -0.138. The van der Waals surface area contributed by atoms with Gasteiger partial charge in [0.1, 0.15) is 5.75 Å². The third-order valence-corrected chi connectivity index (χ3v) is 5.87. The van der Waals surface area contributed by atoms with Gasteiger partial charge in [-0.1, -0.05) is 12.1 Å². The van der Waals surface area contributed by atoms with Gasteiger partial charge in [-0.15, -0.1) is 0 Å². The molecule has 0 atom stereocenters. The number of hydrogen-bond acceptors (Lipinski definition) is 4. The number of amides is 2. The van der Waals surface area contributed by atoms with Crippen molar-refractivity contribution < 1.29 is 14.3 Å². The normalized spacial score (nSPS) is 18.7. The van der Waals surface area contributed by atoms with Crippen LogP contribution in [0.5, 0.6) is 5.75 Å². The number of carbonyl (C=O) groups excluding carboxylic acids is 2. The van der Waals surface area contributed by atoms with Crippen LogP contribution in [-0.2, 0) is 16.0 Å². The van der Waals surface area contributed by atoms with Crippen LogP contribution in [0.2, 0.25) is 0 Å². The first-order valence-corrected chi connectivity index (χ1v) is 10.6. The van der Waals surface area contributed by atoms with Crippen molar-refractivity contribution in [3.63, 3.8) is 0 Å². The zero-order chi connectivity index (χ0) is 19.8. The largest absolute Gasteiger partial charge is 0.497 e. The van der Waals surface area contributed by atoms with Crippen molar-refractivity contribution in [3.8, 4) is 5.75 Å². The lowest BCUT2D eigenvalue weighted by Crippen LogP contribution is -2.46. The van der Waals surface area contributed by atoms with Gasteiger partial charge >= 0.3 is 0 Å². The van der Waals surface area contributed by atoms with Crippen LogP contribution in [0.25, 0.3) is 0 Å². The predicted octanol–water partition coefficient (Wildman–Crippen LogP) is 2.08. The summed E-state index contributed by atoms with van der Waals surface area (Å²) in [5.41, 5.74) is 1.18. The fourth-order valence-corrected chi connectivity index (χ4v) is 4.11. The quantitative estimate of drug-likeness (QED) is 0.778. The molecule has 6 nitrogen and oxygen atoms in total. The minimum atomic E-state index is 0.0642. The van der Waals surface area contributed by atoms with E-state index in [1.165, 1.54) is 12.0 Å². The van der Waals surface area contributed by atoms with E-state index in [4.69, 9.17) is 4.74 Å². The Morgan fingerprint density at radius 1 is 1.04 bits per heavy atom. The van der Waals surface area contributed by atoms with Gasteiger partial charge in [0.15, 0.2) is 0 Å². The second kappa shape index (κ2) is 10.5. The number of piperidine rings is 2. The summed E-state index contributed by atoms with van der Waals surface area (Å²) in [4.78, 5) is 29.1. The van der Waals surface area contributed by atoms with Crippen LogP contribution in [0.3, 0.4) is 0 Å². The van der Waals surface area contributed by atoms with E-state index in [-0.39, 0.29) is 11.8 Å². The van der Waals surface area contributed by atoms with Crippen molar-refractivity contribution >= 4 is 11.8 Å². The fraction of sp³-hybridized carbons (Fsp3) is 0.636. The lowest BCUT2D eigenvalue weighted by Gasteiger charge is -2.35. The molecule has 1 aromatic carbocycles. The van der Waals surface area contributed by atoms with E-state index in [2.05, 4.69) is 15.1 Å². The zero-order valence-electron chi connectivity index (χ0n) is 17.0. The van der Waals surface area contributed by atoms with Gasteiger partial charge in [-0.25, -0.2) is 0 Å². The molecule has 154 valence electrons. The van der Waals surface area contributed by atoms with Gasteiger partial charge in [-0.2, -0.15) is 0 Å². The highest BCUT2D eigenvalue weighted by atomic mass is 16.5. The highest BCUT2D eigenvalue weighted by Gasteiger charge is 2.29. The smallest absolute Gasteiger partial charge is 0.234 e. The molecule has 2 fully saturated rings. The number of ether oxygens (including phenoxy) is 1. The number of likely N-dealkylation sites (tertiary alicyclic amines) is 2. The van der Waals surface area contributed by atoms with E-state index in [0.717, 1.165) is 64.0 Å². The maximum absolute atomic E-state index is 12.6. The Morgan fingerprint density at radius 3 is 2.36 bits per heavy atom. The monoisotopic (exact) mass is 387 g/mol. The van der Waals surface area contributed by atoms with Crippen LogP contribution in [0.4, 0.5) is 0 Å². The molecule has 0 unspecified atom stereocenters. The van der Waals surface area contributed by atoms with Crippen molar-refractivity contribution in [1.82, 2.24) is 15.1 Å². The first-order chi connectivity index (χ1) is 13.7. The molecule has 0 spiro atoms. The SMILES string of the molecule is COc1ccc(CCNC(=O)CN2CCC(C(=O)N3CCCCC3)CC2)cc1. The molecule has 2 heterocycles. The Bertz CT molecular complexity index is 633. The molecule has 2 aliphatic heterocycles. The molecule has 0 aromatic heterocycles. The molecule has 2 aliphatic rings. The van der Waals surface area contributed by atoms with E-state index in [0.29, 0.717) is 19.0 Å². The van der Waals surface area contributed by atoms with Crippen LogP contribution in [-0.4, -0.2) is 68.0 Å². The van der Waals surface area contributed by atoms with Crippen LogP contribution in [0.1, 0.15) is 37.7 Å². The first kappa shape index (κ1) is 20.6. The van der Waals surface area contributed by atoms with Crippen molar-refractivity contribution in [1.29, 1.82) is 0 Å². The molecule has 0 radical (unpaired) electrons. The van der Waals surface area contributed by atoms with Gasteiger partial charge in [-0.3, -0.25) is 14.5 Å². The van der Waals surface area contributed by atoms with Gasteiger partial charge in [-0.05, 0) is 69.3 Å². The standard InChI is InChI=1S/C22H33N3O3/c1-28-20-7-5-18(6-8-20)9-12-23-21(26)17-24-15-10-19(11-16-24)22(27)25-13-3-2-4-14-25/h5-8,19H,2-4,9-17H2,1H3,(H,23,26). The number of benzene rings is 1. The number of methoxy groups -OCH3 is 1. The van der Waals surface area contributed by atoms with Crippen molar-refractivity contribution in [2.75, 3.05) is 46.4 Å². The molecule has 2 amide bonds. The first-order valence-electron chi connectivity index (χ1n) is 10.6. The second-order valence-corrected chi connectivity index (χ2v) is 7.88. The van der Waals surface area contributed by atoms with E-state index in [1.54, 1.807) is 7.11 Å². The number of hydrogen-bond donors (Lipinski definition) is 1. The minimum absolute atomic E-state index is 0.0642. The molecule has 2 saturated heterocycles. The lowest BCUT2D eigenvalue weighted by atomic mass is 9.94. The Labute approximate surface area is 168 Å². The van der Waals surface area contributed by atoms with E-state index in [9.17, 15) is 9.59 Å². The van der Waals surface area contributed by atoms with Crippen molar-refractivity contribution in [2.45, 2.75) is 38.5 Å². The summed E-state index contributed by atoms with van der Waals surface area (Å²) in [7, 11) is 1.65. The Hall–Kier alpha value is -2.08. The topological polar surface area (TPSA) is 61.9 Å². The van der Waals surface area contributed by atoms with E-state index in [1.807, 2.05) is 24.3 Å². The van der Waals surface area contributed by atoms with E-state index >= 15 is 0 Å². The van der Waals surface area contributed by atoms with Gasteiger partial charge in [0.25, 0.3) is 0 Å². The molecule has 0 bridgehead atoms. The highest BCUT2D eigenvalue weighted by molar-refractivity contribution is 5.79. The van der Waals surface area contributed by atoms with Gasteiger partial charge in [0.2, 0.25) is 11.8 Å². The average molecular weight is 388 g/mol. The third-order valence-electron chi connectivity index (χ3n) is 5.87. The molecule has 1 N–H and O–H groups in total. The Kier molecular flexibility index (Phi) is 7.71. The fourth-order valence-electron chi connectivity index (χ4n) is 4.11. The zero-order valence-corrected chi connectivity index (χ0v) is 17.0. The average Bonchev–Trinajstić information content (AvgIpc) is 2.75. The van der Waals surface area contributed by atoms with Crippen LogP contribution >= 0.6 is 0 Å². The number of nitrogens with zero attached hydrogens (tertiary/aromatic N) is 2. The maximum Gasteiger partial charge on any atom is 0.234 e. The summed E-state index contributed by atoms with van der Waals surface area (Å²) in [5.74, 6) is 1.39. The van der Waals surface area contributed by atoms with E-state index < -0.39 is 0 Å². The number of rotatable bonds is 7. The van der Waals surface area contributed by atoms with Crippen LogP contribution < -0.4 is 10.1 Å². The minimum Gasteiger partial charge on any atom is -0.497 e. The molecular formula is C22H33N3O3. The van der Waals surface area contributed by atoms with Gasteiger partial charge < -0.3 is 15.0 Å². The molecule has 3 rings (SSSR count). The maximum atomic E-state index is 12.6. The second-order valence-electron chi connectivity index (χ2n) is 7.88. The molecule has 0 saturated carbocycles. The van der Waals surface area contributed by atoms with Gasteiger partial charge in [0.05, 0.1) is 13.7 Å². The van der Waals surface area contributed by atoms with Crippen LogP contribution in [0.15, 0.2) is 24.3 Å². The Balaban J connectivity index is 1.32. The third kappa shape index (κ3) is 5.96. The Morgan fingerprint density at radius 2 is 1.71 bits per heavy atom. The van der Waals surface area contributed by atoms with Crippen molar-refractivity contribution in [2.24, 2.45) is 5.92 Å². The summed E-state index contributed by atoms with van der Waals surface area (Å²) in [6, 6.07) is 7.92. The summed E-state index contributed by atoms with van der Waals surface area (Å²) in [6.45, 7) is 4.57. The summed E-state index contributed by atoms with van der Waals surface area (Å²) in [5, 5.41) is 3.01. The molecule has 0 aliphatic carbocycles. The molecule has 28 heavy (non-hydrogen) atoms. The van der Waals surface area contributed by atoms with Gasteiger partial charge in [0, 0.05) is 25.6 Å². The predicted molar refractivity (Wildman–Crippen MR) is 109 cm³/mol. The molecular weight excluding hydrogens is 354 g/mol. The number of carbonyl (C=O) groups is 2. The van der Waals surface area contributed by atoms with Crippen molar-refractivity contribution in [3.05, 3.63) is 29.8 Å². The summed E-state index contributed by atoms with van der Waals surface area (Å²) >= 11 is 0. The summed E-state index contributed by atoms with van der Waals surface area (Å²) < 4.78 is 5.15. The summed E-state index contributed by atoms with van der Waals surface area (Å²) in [6.07, 6.45) is 6.07. The van der Waals surface area contributed by atoms with Crippen LogP contribution in [0, 0.1) is 5.92 Å². The number of nitrogens with one attached hydrogen (secondary N) is 1.